The number of thioether (sulfide) groups is 1. The lowest BCUT2D eigenvalue weighted by Gasteiger charge is -2.29. The molecule has 3 aromatic rings. The second-order valence-corrected chi connectivity index (χ2v) is 8.51. The molecule has 0 radical (unpaired) electrons. The van der Waals surface area contributed by atoms with E-state index in [1.165, 1.54) is 36.6 Å². The second-order valence-electron chi connectivity index (χ2n) is 7.57. The first-order valence-corrected chi connectivity index (χ1v) is 10.5. The fourth-order valence-corrected chi connectivity index (χ4v) is 4.52. The topological polar surface area (TPSA) is 72.7 Å². The summed E-state index contributed by atoms with van der Waals surface area (Å²) in [6, 6.07) is 6.58. The molecule has 1 N–H and O–H groups in total. The minimum Gasteiger partial charge on any atom is -0.352 e. The van der Waals surface area contributed by atoms with Crippen LogP contribution in [0.3, 0.4) is 0 Å². The zero-order valence-corrected chi connectivity index (χ0v) is 16.8. The number of nitrogens with one attached hydrogen (secondary N) is 1. The molecule has 142 valence electrons. The summed E-state index contributed by atoms with van der Waals surface area (Å²) in [7, 11) is 1.99. The Kier molecular flexibility index (Phi) is 5.04. The Labute approximate surface area is 163 Å². The number of aryl methyl sites for hydroxylation is 2. The molecule has 2 heterocycles. The molecule has 1 aromatic carbocycles. The highest BCUT2D eigenvalue weighted by Crippen LogP contribution is 2.27. The van der Waals surface area contributed by atoms with Crippen LogP contribution in [0.5, 0.6) is 0 Å². The van der Waals surface area contributed by atoms with E-state index in [0.29, 0.717) is 22.9 Å². The van der Waals surface area contributed by atoms with Crippen LogP contribution in [0.25, 0.3) is 22.1 Å². The molecule has 0 spiro atoms. The molecule has 1 aliphatic rings. The van der Waals surface area contributed by atoms with Crippen molar-refractivity contribution in [2.45, 2.75) is 50.7 Å². The third-order valence-electron chi connectivity index (χ3n) is 5.53. The van der Waals surface area contributed by atoms with Gasteiger partial charge in [0.25, 0.3) is 0 Å². The number of rotatable bonds is 4. The molecule has 2 aromatic heterocycles. The monoisotopic (exact) mass is 383 g/mol. The molecule has 1 saturated carbocycles. The Morgan fingerprint density at radius 2 is 2.11 bits per heavy atom. The van der Waals surface area contributed by atoms with Crippen molar-refractivity contribution >= 4 is 39.7 Å². The van der Waals surface area contributed by atoms with E-state index in [2.05, 4.69) is 52.5 Å². The molecule has 1 aliphatic carbocycles. The number of carbonyl (C=O) groups excluding carboxylic acids is 1. The van der Waals surface area contributed by atoms with E-state index in [-0.39, 0.29) is 5.91 Å². The van der Waals surface area contributed by atoms with Crippen molar-refractivity contribution in [1.82, 2.24) is 25.1 Å². The highest BCUT2D eigenvalue weighted by atomic mass is 32.2. The van der Waals surface area contributed by atoms with Gasteiger partial charge < -0.3 is 9.88 Å². The van der Waals surface area contributed by atoms with Crippen molar-refractivity contribution in [3.8, 4) is 0 Å². The second kappa shape index (κ2) is 7.46. The van der Waals surface area contributed by atoms with Gasteiger partial charge in [-0.05, 0) is 37.8 Å². The standard InChI is InChI=1S/C20H25N5OS/c1-12-8-9-16-14(10-12)18-19(25(16)3)22-20(24-23-18)27-11-17(26)21-15-7-5-4-6-13(15)2/h8-10,13,15H,4-7,11H2,1-3H3,(H,21,26)/t13-,15+/m0/s1. The van der Waals surface area contributed by atoms with E-state index < -0.39 is 0 Å². The average molecular weight is 384 g/mol. The lowest BCUT2D eigenvalue weighted by atomic mass is 9.86. The third-order valence-corrected chi connectivity index (χ3v) is 6.36. The average Bonchev–Trinajstić information content (AvgIpc) is 2.93. The van der Waals surface area contributed by atoms with E-state index in [4.69, 9.17) is 0 Å². The zero-order chi connectivity index (χ0) is 19.0. The lowest BCUT2D eigenvalue weighted by molar-refractivity contribution is -0.119. The van der Waals surface area contributed by atoms with Gasteiger partial charge in [-0.15, -0.1) is 10.2 Å². The molecular formula is C20H25N5OS. The summed E-state index contributed by atoms with van der Waals surface area (Å²) in [5.41, 5.74) is 3.88. The smallest absolute Gasteiger partial charge is 0.230 e. The van der Waals surface area contributed by atoms with Crippen LogP contribution >= 0.6 is 11.8 Å². The normalized spacial score (nSPS) is 20.3. The predicted molar refractivity (Wildman–Crippen MR) is 109 cm³/mol. The summed E-state index contributed by atoms with van der Waals surface area (Å²) in [6.07, 6.45) is 4.75. The molecule has 0 unspecified atom stereocenters. The summed E-state index contributed by atoms with van der Waals surface area (Å²) in [4.78, 5) is 17.0. The first-order chi connectivity index (χ1) is 13.0. The van der Waals surface area contributed by atoms with E-state index >= 15 is 0 Å². The molecule has 0 saturated heterocycles. The number of fused-ring (bicyclic) bond motifs is 3. The van der Waals surface area contributed by atoms with Crippen LogP contribution < -0.4 is 5.32 Å². The summed E-state index contributed by atoms with van der Waals surface area (Å²) < 4.78 is 2.03. The predicted octanol–water partition coefficient (Wildman–Crippen LogP) is 3.61. The fourth-order valence-electron chi connectivity index (χ4n) is 3.93. The molecule has 27 heavy (non-hydrogen) atoms. The fraction of sp³-hybridized carbons (Fsp3) is 0.500. The van der Waals surface area contributed by atoms with E-state index in [0.717, 1.165) is 28.5 Å². The maximum absolute atomic E-state index is 12.3. The Bertz CT molecular complexity index is 999. The molecule has 0 aliphatic heterocycles. The third kappa shape index (κ3) is 3.65. The summed E-state index contributed by atoms with van der Waals surface area (Å²) in [5, 5.41) is 13.4. The molecule has 4 rings (SSSR count). The largest absolute Gasteiger partial charge is 0.352 e. The Hall–Kier alpha value is -2.15. The van der Waals surface area contributed by atoms with Gasteiger partial charge in [0.15, 0.2) is 5.65 Å². The number of nitrogens with zero attached hydrogens (tertiary/aromatic N) is 4. The van der Waals surface area contributed by atoms with Gasteiger partial charge in [0, 0.05) is 18.5 Å². The molecule has 6 nitrogen and oxygen atoms in total. The van der Waals surface area contributed by atoms with Gasteiger partial charge in [0.1, 0.15) is 5.52 Å². The first kappa shape index (κ1) is 18.2. The van der Waals surface area contributed by atoms with Gasteiger partial charge in [-0.1, -0.05) is 43.2 Å². The highest BCUT2D eigenvalue weighted by molar-refractivity contribution is 7.99. The van der Waals surface area contributed by atoms with Crippen LogP contribution in [0, 0.1) is 12.8 Å². The molecular weight excluding hydrogens is 358 g/mol. The number of benzene rings is 1. The van der Waals surface area contributed by atoms with Crippen LogP contribution in [0.1, 0.15) is 38.2 Å². The van der Waals surface area contributed by atoms with Crippen molar-refractivity contribution in [3.63, 3.8) is 0 Å². The Balaban J connectivity index is 1.48. The van der Waals surface area contributed by atoms with Crippen molar-refractivity contribution in [3.05, 3.63) is 23.8 Å². The molecule has 2 atom stereocenters. The van der Waals surface area contributed by atoms with Gasteiger partial charge >= 0.3 is 0 Å². The first-order valence-electron chi connectivity index (χ1n) is 9.54. The van der Waals surface area contributed by atoms with Gasteiger partial charge in [-0.3, -0.25) is 4.79 Å². The van der Waals surface area contributed by atoms with Gasteiger partial charge in [-0.25, -0.2) is 4.98 Å². The van der Waals surface area contributed by atoms with Crippen LogP contribution in [-0.4, -0.2) is 37.5 Å². The van der Waals surface area contributed by atoms with Crippen LogP contribution in [0.15, 0.2) is 23.4 Å². The maximum atomic E-state index is 12.3. The van der Waals surface area contributed by atoms with Crippen molar-refractivity contribution in [2.24, 2.45) is 13.0 Å². The minimum atomic E-state index is 0.0510. The maximum Gasteiger partial charge on any atom is 0.230 e. The molecule has 7 heteroatoms. The highest BCUT2D eigenvalue weighted by Gasteiger charge is 2.23. The van der Waals surface area contributed by atoms with Crippen LogP contribution in [0.4, 0.5) is 0 Å². The van der Waals surface area contributed by atoms with Crippen LogP contribution in [0.2, 0.25) is 0 Å². The minimum absolute atomic E-state index is 0.0510. The van der Waals surface area contributed by atoms with Gasteiger partial charge in [-0.2, -0.15) is 0 Å². The van der Waals surface area contributed by atoms with Crippen molar-refractivity contribution in [1.29, 1.82) is 0 Å². The number of aromatic nitrogens is 4. The Morgan fingerprint density at radius 1 is 1.30 bits per heavy atom. The van der Waals surface area contributed by atoms with Gasteiger partial charge in [0.05, 0.1) is 11.3 Å². The Morgan fingerprint density at radius 3 is 2.93 bits per heavy atom. The summed E-state index contributed by atoms with van der Waals surface area (Å²) in [5.74, 6) is 0.927. The number of hydrogen-bond donors (Lipinski definition) is 1. The molecule has 0 bridgehead atoms. The van der Waals surface area contributed by atoms with Crippen molar-refractivity contribution < 1.29 is 4.79 Å². The zero-order valence-electron chi connectivity index (χ0n) is 16.0. The SMILES string of the molecule is Cc1ccc2c(c1)c1nnc(SCC(=O)N[C@@H]3CCCC[C@@H]3C)nc1n2C. The number of amides is 1. The van der Waals surface area contributed by atoms with Gasteiger partial charge in [0.2, 0.25) is 11.1 Å². The van der Waals surface area contributed by atoms with Crippen molar-refractivity contribution in [2.75, 3.05) is 5.75 Å². The molecule has 1 fully saturated rings. The number of carbonyl (C=O) groups is 1. The summed E-state index contributed by atoms with van der Waals surface area (Å²) >= 11 is 1.34. The summed E-state index contributed by atoms with van der Waals surface area (Å²) in [6.45, 7) is 4.29. The number of hydrogen-bond acceptors (Lipinski definition) is 5. The lowest BCUT2D eigenvalue weighted by Crippen LogP contribution is -2.41. The van der Waals surface area contributed by atoms with E-state index in [1.807, 2.05) is 11.6 Å². The van der Waals surface area contributed by atoms with E-state index in [9.17, 15) is 4.79 Å². The quantitative estimate of drug-likeness (QED) is 0.697. The van der Waals surface area contributed by atoms with E-state index in [1.54, 1.807) is 0 Å². The van der Waals surface area contributed by atoms with Crippen LogP contribution in [-0.2, 0) is 11.8 Å². The molecule has 1 amide bonds.